The molecule has 33 heavy (non-hydrogen) atoms. The number of anilines is 1. The minimum absolute atomic E-state index is 0.147. The summed E-state index contributed by atoms with van der Waals surface area (Å²) >= 11 is 8.35. The third-order valence-electron chi connectivity index (χ3n) is 4.78. The number of hydrogen-bond donors (Lipinski definition) is 1. The maximum atomic E-state index is 12.7. The predicted molar refractivity (Wildman–Crippen MR) is 139 cm³/mol. The van der Waals surface area contributed by atoms with Gasteiger partial charge in [-0.05, 0) is 80.7 Å². The molecule has 1 heterocycles. The number of aromatic nitrogens is 3. The smallest absolute Gasteiger partial charge is 0.234 e. The molecule has 0 radical (unpaired) electrons. The minimum atomic E-state index is -0.147. The molecule has 0 unspecified atom stereocenters. The number of methoxy groups -OCH3 is 1. The number of nitrogens with zero attached hydrogens (tertiary/aromatic N) is 3. The molecule has 4 aromatic rings. The molecule has 168 valence electrons. The van der Waals surface area contributed by atoms with Crippen LogP contribution in [-0.2, 0) is 4.79 Å². The van der Waals surface area contributed by atoms with Gasteiger partial charge in [-0.1, -0.05) is 42.1 Å². The van der Waals surface area contributed by atoms with Crippen LogP contribution in [0, 0.1) is 6.92 Å². The van der Waals surface area contributed by atoms with Crippen molar-refractivity contribution in [3.63, 3.8) is 0 Å². The summed E-state index contributed by atoms with van der Waals surface area (Å²) in [5.41, 5.74) is 3.50. The van der Waals surface area contributed by atoms with Crippen LogP contribution in [-0.4, -0.2) is 33.5 Å². The Balaban J connectivity index is 1.62. The van der Waals surface area contributed by atoms with Gasteiger partial charge in [0, 0.05) is 14.6 Å². The first-order valence-corrected chi connectivity index (χ1v) is 12.6. The van der Waals surface area contributed by atoms with E-state index in [2.05, 4.69) is 47.4 Å². The van der Waals surface area contributed by atoms with Crippen molar-refractivity contribution in [2.24, 2.45) is 0 Å². The SMILES string of the molecule is COc1ccccc1-c1nnc(SCC(=O)Nc2c(Br)cc(C)cc2Br)n1-c1ccccc1. The van der Waals surface area contributed by atoms with E-state index >= 15 is 0 Å². The van der Waals surface area contributed by atoms with E-state index in [1.165, 1.54) is 11.8 Å². The average Bonchev–Trinajstić information content (AvgIpc) is 3.24. The predicted octanol–water partition coefficient (Wildman–Crippen LogP) is 6.51. The highest BCUT2D eigenvalue weighted by atomic mass is 79.9. The highest BCUT2D eigenvalue weighted by molar-refractivity contribution is 9.11. The van der Waals surface area contributed by atoms with Gasteiger partial charge in [0.15, 0.2) is 11.0 Å². The van der Waals surface area contributed by atoms with Gasteiger partial charge in [0.2, 0.25) is 5.91 Å². The molecular formula is C24H20Br2N4O2S. The zero-order chi connectivity index (χ0) is 23.4. The van der Waals surface area contributed by atoms with Crippen LogP contribution in [0.2, 0.25) is 0 Å². The number of benzene rings is 3. The lowest BCUT2D eigenvalue weighted by molar-refractivity contribution is -0.113. The quantitative estimate of drug-likeness (QED) is 0.250. The third kappa shape index (κ3) is 5.31. The Morgan fingerprint density at radius 3 is 2.39 bits per heavy atom. The number of carbonyl (C=O) groups excluding carboxylic acids is 1. The van der Waals surface area contributed by atoms with E-state index in [0.29, 0.717) is 22.4 Å². The largest absolute Gasteiger partial charge is 0.496 e. The average molecular weight is 588 g/mol. The van der Waals surface area contributed by atoms with Gasteiger partial charge < -0.3 is 10.1 Å². The second kappa shape index (κ2) is 10.5. The Kier molecular flexibility index (Phi) is 7.52. The van der Waals surface area contributed by atoms with E-state index in [-0.39, 0.29) is 11.7 Å². The van der Waals surface area contributed by atoms with Crippen LogP contribution in [0.25, 0.3) is 17.1 Å². The lowest BCUT2D eigenvalue weighted by Crippen LogP contribution is -2.15. The number of aryl methyl sites for hydroxylation is 1. The monoisotopic (exact) mass is 586 g/mol. The molecule has 0 aliphatic carbocycles. The number of ether oxygens (including phenoxy) is 1. The molecule has 0 saturated carbocycles. The van der Waals surface area contributed by atoms with Gasteiger partial charge in [-0.25, -0.2) is 0 Å². The number of carbonyl (C=O) groups is 1. The standard InChI is InChI=1S/C24H20Br2N4O2S/c1-15-12-18(25)22(19(26)13-15)27-21(31)14-33-24-29-28-23(17-10-6-7-11-20(17)32-2)30(24)16-8-4-3-5-9-16/h3-13H,14H2,1-2H3,(H,27,31). The van der Waals surface area contributed by atoms with Crippen molar-refractivity contribution in [1.82, 2.24) is 14.8 Å². The molecule has 4 rings (SSSR count). The Labute approximate surface area is 213 Å². The second-order valence-corrected chi connectivity index (χ2v) is 9.77. The van der Waals surface area contributed by atoms with Crippen LogP contribution < -0.4 is 10.1 Å². The first kappa shape index (κ1) is 23.5. The molecule has 0 saturated heterocycles. The first-order chi connectivity index (χ1) is 16.0. The number of para-hydroxylation sites is 2. The van der Waals surface area contributed by atoms with E-state index in [4.69, 9.17) is 4.74 Å². The fourth-order valence-electron chi connectivity index (χ4n) is 3.30. The minimum Gasteiger partial charge on any atom is -0.496 e. The highest BCUT2D eigenvalue weighted by Gasteiger charge is 2.20. The molecule has 1 N–H and O–H groups in total. The van der Waals surface area contributed by atoms with Crippen molar-refractivity contribution in [2.75, 3.05) is 18.2 Å². The number of nitrogens with one attached hydrogen (secondary N) is 1. The molecule has 6 nitrogen and oxygen atoms in total. The fraction of sp³-hybridized carbons (Fsp3) is 0.125. The molecule has 1 amide bonds. The summed E-state index contributed by atoms with van der Waals surface area (Å²) in [7, 11) is 1.63. The molecule has 3 aromatic carbocycles. The normalized spacial score (nSPS) is 10.8. The van der Waals surface area contributed by atoms with E-state index in [9.17, 15) is 4.79 Å². The van der Waals surface area contributed by atoms with Gasteiger partial charge in [0.25, 0.3) is 0 Å². The van der Waals surface area contributed by atoms with Crippen molar-refractivity contribution in [1.29, 1.82) is 0 Å². The summed E-state index contributed by atoms with van der Waals surface area (Å²) in [6, 6.07) is 21.4. The summed E-state index contributed by atoms with van der Waals surface area (Å²) in [5.74, 6) is 1.37. The fourth-order valence-corrected chi connectivity index (χ4v) is 5.67. The van der Waals surface area contributed by atoms with Crippen molar-refractivity contribution in [2.45, 2.75) is 12.1 Å². The van der Waals surface area contributed by atoms with Gasteiger partial charge in [0.05, 0.1) is 24.1 Å². The topological polar surface area (TPSA) is 69.0 Å². The van der Waals surface area contributed by atoms with Gasteiger partial charge >= 0.3 is 0 Å². The van der Waals surface area contributed by atoms with E-state index in [1.807, 2.05) is 78.2 Å². The summed E-state index contributed by atoms with van der Waals surface area (Å²) in [5, 5.41) is 12.4. The van der Waals surface area contributed by atoms with Crippen LogP contribution in [0.1, 0.15) is 5.56 Å². The lowest BCUT2D eigenvalue weighted by Gasteiger charge is -2.13. The summed E-state index contributed by atoms with van der Waals surface area (Å²) in [4.78, 5) is 12.7. The Bertz CT molecular complexity index is 1270. The van der Waals surface area contributed by atoms with Crippen molar-refractivity contribution in [3.05, 3.63) is 81.2 Å². The van der Waals surface area contributed by atoms with Gasteiger partial charge in [0.1, 0.15) is 5.75 Å². The van der Waals surface area contributed by atoms with Gasteiger partial charge in [-0.3, -0.25) is 9.36 Å². The van der Waals surface area contributed by atoms with Gasteiger partial charge in [-0.2, -0.15) is 0 Å². The maximum absolute atomic E-state index is 12.7. The van der Waals surface area contributed by atoms with Crippen LogP contribution >= 0.6 is 43.6 Å². The first-order valence-electron chi connectivity index (χ1n) is 10.0. The zero-order valence-electron chi connectivity index (χ0n) is 17.9. The third-order valence-corrected chi connectivity index (χ3v) is 6.96. The van der Waals surface area contributed by atoms with E-state index < -0.39 is 0 Å². The molecule has 0 aliphatic rings. The Morgan fingerprint density at radius 1 is 1.03 bits per heavy atom. The second-order valence-electron chi connectivity index (χ2n) is 7.12. The van der Waals surface area contributed by atoms with Crippen LogP contribution in [0.15, 0.2) is 80.8 Å². The molecule has 0 bridgehead atoms. The van der Waals surface area contributed by atoms with Crippen LogP contribution in [0.5, 0.6) is 5.75 Å². The zero-order valence-corrected chi connectivity index (χ0v) is 21.9. The number of halogens is 2. The highest BCUT2D eigenvalue weighted by Crippen LogP contribution is 2.34. The van der Waals surface area contributed by atoms with E-state index in [1.54, 1.807) is 7.11 Å². The number of hydrogen-bond acceptors (Lipinski definition) is 5. The van der Waals surface area contributed by atoms with Crippen molar-refractivity contribution >= 4 is 55.2 Å². The molecule has 0 fully saturated rings. The molecule has 0 spiro atoms. The summed E-state index contributed by atoms with van der Waals surface area (Å²) in [6.07, 6.45) is 0. The van der Waals surface area contributed by atoms with Crippen molar-refractivity contribution < 1.29 is 9.53 Å². The summed E-state index contributed by atoms with van der Waals surface area (Å²) in [6.45, 7) is 1.99. The Hall–Kier alpha value is -2.62. The maximum Gasteiger partial charge on any atom is 0.234 e. The lowest BCUT2D eigenvalue weighted by atomic mass is 10.2. The Morgan fingerprint density at radius 2 is 1.70 bits per heavy atom. The van der Waals surface area contributed by atoms with Crippen LogP contribution in [0.4, 0.5) is 5.69 Å². The molecule has 9 heteroatoms. The number of amides is 1. The molecular weight excluding hydrogens is 568 g/mol. The van der Waals surface area contributed by atoms with Crippen molar-refractivity contribution in [3.8, 4) is 22.8 Å². The van der Waals surface area contributed by atoms with Crippen LogP contribution in [0.3, 0.4) is 0 Å². The van der Waals surface area contributed by atoms with E-state index in [0.717, 1.165) is 25.8 Å². The molecule has 1 aromatic heterocycles. The molecule has 0 atom stereocenters. The summed E-state index contributed by atoms with van der Waals surface area (Å²) < 4.78 is 9.11. The molecule has 0 aliphatic heterocycles. The number of thioether (sulfide) groups is 1. The number of rotatable bonds is 7. The van der Waals surface area contributed by atoms with Gasteiger partial charge in [-0.15, -0.1) is 10.2 Å².